The molecule has 124 valence electrons. The molecule has 2 aliphatic carbocycles. The molecule has 4 unspecified atom stereocenters. The summed E-state index contributed by atoms with van der Waals surface area (Å²) in [6.45, 7) is 6.75. The Bertz CT molecular complexity index is 464. The molecule has 1 saturated heterocycles. The van der Waals surface area contributed by atoms with Crippen molar-refractivity contribution in [3.05, 3.63) is 0 Å². The largest absolute Gasteiger partial charge is 0.520 e. The predicted molar refractivity (Wildman–Crippen MR) is 78.7 cm³/mol. The van der Waals surface area contributed by atoms with Crippen molar-refractivity contribution in [2.24, 2.45) is 17.8 Å². The van der Waals surface area contributed by atoms with E-state index in [1.54, 1.807) is 0 Å². The Morgan fingerprint density at radius 3 is 2.23 bits per heavy atom. The lowest BCUT2D eigenvalue weighted by atomic mass is 9.80. The fraction of sp³-hybridized carbons (Fsp3) is 0.867. The van der Waals surface area contributed by atoms with Crippen LogP contribution in [0.5, 0.6) is 0 Å². The van der Waals surface area contributed by atoms with Gasteiger partial charge in [-0.2, -0.15) is 0 Å². The van der Waals surface area contributed by atoms with Crippen molar-refractivity contribution in [1.29, 1.82) is 0 Å². The maximum atomic E-state index is 12.8. The van der Waals surface area contributed by atoms with Gasteiger partial charge in [0.2, 0.25) is 0 Å². The molecule has 0 N–H and O–H groups in total. The van der Waals surface area contributed by atoms with Gasteiger partial charge in [0.05, 0.1) is 5.92 Å². The number of ether oxygens (including phenoxy) is 1. The Balaban J connectivity index is 2.13. The van der Waals surface area contributed by atoms with E-state index < -0.39 is 31.7 Å². The van der Waals surface area contributed by atoms with Crippen molar-refractivity contribution < 1.29 is 27.6 Å². The fourth-order valence-electron chi connectivity index (χ4n) is 4.89. The molecule has 3 fully saturated rings. The summed E-state index contributed by atoms with van der Waals surface area (Å²) in [6.07, 6.45) is 2.74. The van der Waals surface area contributed by atoms with Crippen LogP contribution in [0.25, 0.3) is 0 Å². The van der Waals surface area contributed by atoms with E-state index in [1.165, 1.54) is 0 Å². The van der Waals surface area contributed by atoms with Gasteiger partial charge in [-0.1, -0.05) is 0 Å². The zero-order valence-corrected chi connectivity index (χ0v) is 14.4. The first-order valence-corrected chi connectivity index (χ1v) is 9.97. The van der Waals surface area contributed by atoms with Gasteiger partial charge >= 0.3 is 20.7 Å². The zero-order valence-electron chi connectivity index (χ0n) is 13.4. The third-order valence-electron chi connectivity index (χ3n) is 5.37. The lowest BCUT2D eigenvalue weighted by molar-refractivity contribution is -0.155. The molecular weight excluding hydrogens is 304 g/mol. The molecule has 3 rings (SSSR count). The summed E-state index contributed by atoms with van der Waals surface area (Å²) in [5.74, 6) is -1.07. The molecule has 22 heavy (non-hydrogen) atoms. The number of hydrogen-bond donors (Lipinski definition) is 0. The summed E-state index contributed by atoms with van der Waals surface area (Å²) in [7, 11) is -3.37. The second kappa shape index (κ2) is 5.70. The van der Waals surface area contributed by atoms with Crippen molar-refractivity contribution >= 4 is 20.7 Å². The molecule has 7 heteroatoms. The number of esters is 2. The van der Waals surface area contributed by atoms with Crippen molar-refractivity contribution in [3.8, 4) is 0 Å². The van der Waals surface area contributed by atoms with Crippen molar-refractivity contribution in [3.63, 3.8) is 0 Å². The fourth-order valence-corrected chi connectivity index (χ4v) is 8.79. The summed E-state index contributed by atoms with van der Waals surface area (Å²) in [5, 5.41) is -1.02. The van der Waals surface area contributed by atoms with Crippen LogP contribution in [0.2, 0.25) is 5.04 Å². The van der Waals surface area contributed by atoms with Crippen LogP contribution in [0.3, 0.4) is 0 Å². The molecule has 6 nitrogen and oxygen atoms in total. The Morgan fingerprint density at radius 2 is 1.68 bits per heavy atom. The third-order valence-corrected chi connectivity index (χ3v) is 9.32. The van der Waals surface area contributed by atoms with Gasteiger partial charge in [-0.05, 0) is 51.9 Å². The van der Waals surface area contributed by atoms with Crippen LogP contribution in [0.1, 0.15) is 40.0 Å². The monoisotopic (exact) mass is 328 g/mol. The molecule has 0 aromatic carbocycles. The van der Waals surface area contributed by atoms with Crippen LogP contribution in [0.4, 0.5) is 0 Å². The lowest BCUT2D eigenvalue weighted by Crippen LogP contribution is -2.62. The first-order valence-electron chi connectivity index (χ1n) is 8.25. The molecule has 0 aromatic rings. The molecule has 4 atom stereocenters. The average Bonchev–Trinajstić information content (AvgIpc) is 3.13. The highest BCUT2D eigenvalue weighted by molar-refractivity contribution is 6.70. The van der Waals surface area contributed by atoms with E-state index in [1.807, 2.05) is 20.8 Å². The molecule has 0 spiro atoms. The van der Waals surface area contributed by atoms with Gasteiger partial charge in [0.15, 0.2) is 5.04 Å². The maximum Gasteiger partial charge on any atom is 0.520 e. The minimum atomic E-state index is -3.37. The van der Waals surface area contributed by atoms with Gasteiger partial charge in [-0.15, -0.1) is 0 Å². The Kier molecular flexibility index (Phi) is 4.18. The minimum absolute atomic E-state index is 0.0674. The Labute approximate surface area is 131 Å². The number of fused-ring (bicyclic) bond motifs is 5. The van der Waals surface area contributed by atoms with Crippen molar-refractivity contribution in [2.75, 3.05) is 19.8 Å². The SMILES string of the molecule is CCO[Si](OCC)(OCC)C12C(=O)OC(=O)C1C1CCC2C1. The van der Waals surface area contributed by atoms with E-state index in [4.69, 9.17) is 18.0 Å². The Morgan fingerprint density at radius 1 is 1.09 bits per heavy atom. The summed E-state index contributed by atoms with van der Waals surface area (Å²) < 4.78 is 23.1. The number of cyclic esters (lactones) is 2. The van der Waals surface area contributed by atoms with Crippen LogP contribution in [-0.2, 0) is 27.6 Å². The van der Waals surface area contributed by atoms with Crippen LogP contribution in [0, 0.1) is 17.8 Å². The molecule has 0 amide bonds. The summed E-state index contributed by atoms with van der Waals surface area (Å²) in [4.78, 5) is 25.1. The summed E-state index contributed by atoms with van der Waals surface area (Å²) in [6, 6.07) is 0. The van der Waals surface area contributed by atoms with E-state index in [0.29, 0.717) is 19.8 Å². The number of hydrogen-bond acceptors (Lipinski definition) is 6. The van der Waals surface area contributed by atoms with Crippen molar-refractivity contribution in [2.45, 2.75) is 45.1 Å². The second-order valence-corrected chi connectivity index (χ2v) is 8.99. The van der Waals surface area contributed by atoms with Gasteiger partial charge in [0, 0.05) is 19.8 Å². The predicted octanol–water partition coefficient (Wildman–Crippen LogP) is 1.90. The summed E-state index contributed by atoms with van der Waals surface area (Å²) >= 11 is 0. The topological polar surface area (TPSA) is 71.1 Å². The first-order chi connectivity index (χ1) is 10.6. The van der Waals surface area contributed by atoms with E-state index in [9.17, 15) is 9.59 Å². The second-order valence-electron chi connectivity index (χ2n) is 6.18. The van der Waals surface area contributed by atoms with Crippen molar-refractivity contribution in [1.82, 2.24) is 0 Å². The van der Waals surface area contributed by atoms with Gasteiger partial charge in [-0.25, -0.2) is 0 Å². The van der Waals surface area contributed by atoms with Crippen LogP contribution < -0.4 is 0 Å². The number of rotatable bonds is 7. The Hall–Kier alpha value is -0.763. The van der Waals surface area contributed by atoms with E-state index in [-0.39, 0.29) is 11.8 Å². The zero-order chi connectivity index (χ0) is 16.0. The molecule has 0 radical (unpaired) electrons. The molecule has 0 aromatic heterocycles. The highest BCUT2D eigenvalue weighted by atomic mass is 28.4. The van der Waals surface area contributed by atoms with Crippen LogP contribution in [0.15, 0.2) is 0 Å². The number of carbonyl (C=O) groups excluding carboxylic acids is 2. The quantitative estimate of drug-likeness (QED) is 0.404. The van der Waals surface area contributed by atoms with Gasteiger partial charge < -0.3 is 18.0 Å². The molecule has 1 heterocycles. The first kappa shape index (κ1) is 16.1. The van der Waals surface area contributed by atoms with E-state index in [0.717, 1.165) is 19.3 Å². The minimum Gasteiger partial charge on any atom is -0.392 e. The normalized spacial score (nSPS) is 36.8. The van der Waals surface area contributed by atoms with Gasteiger partial charge in [0.1, 0.15) is 0 Å². The van der Waals surface area contributed by atoms with Crippen LogP contribution in [-0.4, -0.2) is 40.6 Å². The smallest absolute Gasteiger partial charge is 0.392 e. The lowest BCUT2D eigenvalue weighted by Gasteiger charge is -2.44. The molecule has 2 saturated carbocycles. The molecular formula is C15H24O6Si. The van der Waals surface area contributed by atoms with E-state index >= 15 is 0 Å². The molecule has 3 aliphatic rings. The maximum absolute atomic E-state index is 12.8. The van der Waals surface area contributed by atoms with Gasteiger partial charge in [0.25, 0.3) is 0 Å². The molecule has 2 bridgehead atoms. The van der Waals surface area contributed by atoms with Crippen LogP contribution >= 0.6 is 0 Å². The van der Waals surface area contributed by atoms with Gasteiger partial charge in [-0.3, -0.25) is 9.59 Å². The standard InChI is InChI=1S/C15H24O6Si/c1-4-18-22(19-5-2,20-6-3)15-11-8-7-10(9-11)12(15)13(16)21-14(15)17/h10-12H,4-9H2,1-3H3. The number of carbonyl (C=O) groups is 2. The van der Waals surface area contributed by atoms with E-state index in [2.05, 4.69) is 0 Å². The highest BCUT2D eigenvalue weighted by Crippen LogP contribution is 2.71. The average molecular weight is 328 g/mol. The summed E-state index contributed by atoms with van der Waals surface area (Å²) in [5.41, 5.74) is 0. The molecule has 1 aliphatic heterocycles. The third kappa shape index (κ3) is 1.82. The highest BCUT2D eigenvalue weighted by Gasteiger charge is 2.83.